The van der Waals surface area contributed by atoms with Crippen LogP contribution in [-0.4, -0.2) is 78.0 Å². The highest BCUT2D eigenvalue weighted by Gasteiger charge is 2.65. The molecule has 2 aliphatic heterocycles. The topological polar surface area (TPSA) is 129 Å². The minimum Gasteiger partial charge on any atom is -0.459 e. The van der Waals surface area contributed by atoms with Gasteiger partial charge < -0.3 is 43.6 Å². The molecule has 0 unspecified atom stereocenters. The molecule has 4 aliphatic rings. The minimum atomic E-state index is -1.37. The van der Waals surface area contributed by atoms with Crippen LogP contribution in [0, 0.1) is 17.8 Å². The minimum absolute atomic E-state index is 0.0275. The highest BCUT2D eigenvalue weighted by molar-refractivity contribution is 7.98. The van der Waals surface area contributed by atoms with Gasteiger partial charge in [-0.25, -0.2) is 0 Å². The Labute approximate surface area is 409 Å². The number of benzene rings is 3. The molecule has 12 heteroatoms. The predicted octanol–water partition coefficient (Wildman–Crippen LogP) is 12.5. The van der Waals surface area contributed by atoms with Gasteiger partial charge in [-0.1, -0.05) is 94.5 Å². The first kappa shape index (κ1) is 51.4. The monoisotopic (exact) mass is 953 g/mol. The molecule has 0 aromatic heterocycles. The zero-order valence-corrected chi connectivity index (χ0v) is 41.7. The molecule has 0 bridgehead atoms. The number of oxime groups is 1. The first-order valence-corrected chi connectivity index (χ1v) is 26.8. The second-order valence-electron chi connectivity index (χ2n) is 18.8. The lowest BCUT2D eigenvalue weighted by atomic mass is 9.55. The number of amides is 1. The van der Waals surface area contributed by atoms with Crippen LogP contribution in [0.5, 0.6) is 28.7 Å². The van der Waals surface area contributed by atoms with Crippen LogP contribution >= 0.6 is 11.8 Å². The third-order valence-electron chi connectivity index (χ3n) is 14.2. The lowest BCUT2D eigenvalue weighted by Gasteiger charge is -2.60. The van der Waals surface area contributed by atoms with Gasteiger partial charge in [0.1, 0.15) is 29.9 Å². The first-order valence-electron chi connectivity index (χ1n) is 25.6. The van der Waals surface area contributed by atoms with Crippen LogP contribution in [0.3, 0.4) is 0 Å². The number of aliphatic hydroxyl groups is 2. The first-order chi connectivity index (χ1) is 33.4. The number of hydrogen-bond acceptors (Lipinski definition) is 11. The van der Waals surface area contributed by atoms with Crippen LogP contribution < -0.4 is 18.9 Å². The Morgan fingerprint density at radius 3 is 2.28 bits per heavy atom. The molecule has 1 amide bonds. The highest BCUT2D eigenvalue weighted by Crippen LogP contribution is 2.62. The van der Waals surface area contributed by atoms with Crippen LogP contribution in [-0.2, 0) is 20.9 Å². The summed E-state index contributed by atoms with van der Waals surface area (Å²) in [6, 6.07) is 19.5. The van der Waals surface area contributed by atoms with Gasteiger partial charge in [-0.3, -0.25) is 4.79 Å². The fraction of sp³-hybridized carbons (Fsp3) is 0.571. The van der Waals surface area contributed by atoms with E-state index in [0.29, 0.717) is 55.3 Å². The summed E-state index contributed by atoms with van der Waals surface area (Å²) >= 11 is 1.69. The average Bonchev–Trinajstić information content (AvgIpc) is 3.83. The molecule has 0 radical (unpaired) electrons. The van der Waals surface area contributed by atoms with Gasteiger partial charge in [0.15, 0.2) is 11.5 Å². The van der Waals surface area contributed by atoms with Gasteiger partial charge in [0.05, 0.1) is 18.2 Å². The summed E-state index contributed by atoms with van der Waals surface area (Å²) in [6.45, 7) is 9.55. The molecule has 3 aromatic carbocycles. The zero-order valence-electron chi connectivity index (χ0n) is 40.8. The Morgan fingerprint density at radius 1 is 0.853 bits per heavy atom. The van der Waals surface area contributed by atoms with E-state index in [0.717, 1.165) is 78.0 Å². The van der Waals surface area contributed by atoms with Gasteiger partial charge in [-0.05, 0) is 123 Å². The van der Waals surface area contributed by atoms with Gasteiger partial charge in [-0.2, -0.15) is 0 Å². The van der Waals surface area contributed by atoms with Gasteiger partial charge in [0, 0.05) is 49.0 Å². The molecule has 1 fully saturated rings. The standard InChI is InChI=1S/C56H76N2O9S/c1-5-8-9-10-11-12-13-14-15-22-53(61)58(38-40-23-29-50-51(34-40)63-39-62-50)52-37-48(57-65-7-3)46-35-41(20-16-18-31-59)45(21-17-19-32-60)54-47-36-43(66-42-24-27-44(68-4)28-25-42)26-30-49(47)67-56(52,55(46)54)64-33-6-2/h6,23-30,34-36,41,45,52,54-55,59-60H,2,5,7-22,31-33,37-39H2,1,3-4H3/t41-,45+,52-,54+,55+,56+/m0/s1. The van der Waals surface area contributed by atoms with Crippen molar-refractivity contribution < 1.29 is 43.5 Å². The summed E-state index contributed by atoms with van der Waals surface area (Å²) in [7, 11) is 0. The van der Waals surface area contributed by atoms with Gasteiger partial charge in [0.25, 0.3) is 0 Å². The summed E-state index contributed by atoms with van der Waals surface area (Å²) < 4.78 is 32.9. The van der Waals surface area contributed by atoms with Crippen molar-refractivity contribution in [3.8, 4) is 28.7 Å². The number of hydrogen-bond donors (Lipinski definition) is 2. The summed E-state index contributed by atoms with van der Waals surface area (Å²) in [6.07, 6.45) is 22.1. The Bertz CT molecular complexity index is 2140. The van der Waals surface area contributed by atoms with Crippen LogP contribution in [0.25, 0.3) is 0 Å². The van der Waals surface area contributed by atoms with Gasteiger partial charge in [0.2, 0.25) is 18.5 Å². The number of fused-ring (bicyclic) bond motifs is 3. The van der Waals surface area contributed by atoms with E-state index in [1.807, 2.05) is 54.3 Å². The zero-order chi connectivity index (χ0) is 47.7. The van der Waals surface area contributed by atoms with Gasteiger partial charge in [-0.15, -0.1) is 18.3 Å². The SMILES string of the molecule is C=CCO[C@@]12Oc3ccc(Oc4ccc(SC)cc4)cc3[C@H]3[C@H](CCCCO)[C@@H](CCCCO)C=C(C(=NOCC)C[C@@H]1N(Cc1ccc4c(c1)OCO4)C(=O)CCCCCCCCCCC)[C@H]32. The number of allylic oxidation sites excluding steroid dienone is 1. The number of thioether (sulfide) groups is 1. The molecular formula is C56H76N2O9S. The fourth-order valence-electron chi connectivity index (χ4n) is 11.0. The molecular weight excluding hydrogens is 877 g/mol. The lowest BCUT2D eigenvalue weighted by Crippen LogP contribution is -2.70. The van der Waals surface area contributed by atoms with Crippen LogP contribution in [0.4, 0.5) is 0 Å². The maximum Gasteiger partial charge on any atom is 0.239 e. The summed E-state index contributed by atoms with van der Waals surface area (Å²) in [5.41, 5.74) is 3.71. The summed E-state index contributed by atoms with van der Waals surface area (Å²) in [4.78, 5) is 24.4. The number of ether oxygens (including phenoxy) is 5. The third-order valence-corrected chi connectivity index (χ3v) is 15.0. The number of rotatable bonds is 29. The molecule has 6 atom stereocenters. The molecule has 0 spiro atoms. The number of carbonyl (C=O) groups is 1. The van der Waals surface area contributed by atoms with E-state index >= 15 is 4.79 Å². The quantitative estimate of drug-likeness (QED) is 0.0300. The number of unbranched alkanes of at least 4 members (excludes halogenated alkanes) is 10. The Hall–Kier alpha value is -4.49. The van der Waals surface area contributed by atoms with Crippen molar-refractivity contribution in [1.29, 1.82) is 0 Å². The van der Waals surface area contributed by atoms with E-state index in [9.17, 15) is 10.2 Å². The second kappa shape index (κ2) is 25.9. The average molecular weight is 953 g/mol. The largest absolute Gasteiger partial charge is 0.459 e. The van der Waals surface area contributed by atoms with Crippen LogP contribution in [0.15, 0.2) is 95.0 Å². The molecule has 2 aliphatic carbocycles. The van der Waals surface area contributed by atoms with Crippen molar-refractivity contribution in [3.05, 3.63) is 96.1 Å². The van der Waals surface area contributed by atoms with E-state index in [1.54, 1.807) is 17.8 Å². The highest BCUT2D eigenvalue weighted by atomic mass is 32.2. The Balaban J connectivity index is 1.35. The third kappa shape index (κ3) is 12.4. The molecule has 68 heavy (non-hydrogen) atoms. The Kier molecular flexibility index (Phi) is 19.6. The normalized spacial score (nSPS) is 22.8. The fourth-order valence-corrected chi connectivity index (χ4v) is 11.4. The molecule has 1 saturated carbocycles. The second-order valence-corrected chi connectivity index (χ2v) is 19.6. The molecule has 0 saturated heterocycles. The van der Waals surface area contributed by atoms with E-state index in [-0.39, 0.29) is 56.8 Å². The summed E-state index contributed by atoms with van der Waals surface area (Å²) in [5.74, 6) is 1.74. The van der Waals surface area contributed by atoms with E-state index in [1.165, 1.54) is 38.5 Å². The molecule has 7 rings (SSSR count). The molecule has 11 nitrogen and oxygen atoms in total. The maximum atomic E-state index is 15.3. The Morgan fingerprint density at radius 2 is 1.56 bits per heavy atom. The molecule has 2 heterocycles. The number of nitrogens with zero attached hydrogens (tertiary/aromatic N) is 2. The summed E-state index contributed by atoms with van der Waals surface area (Å²) in [5, 5.41) is 25.0. The molecule has 2 N–H and O–H groups in total. The molecule has 3 aromatic rings. The van der Waals surface area contributed by atoms with Crippen molar-refractivity contribution in [2.75, 3.05) is 39.5 Å². The maximum absolute atomic E-state index is 15.3. The lowest BCUT2D eigenvalue weighted by molar-refractivity contribution is -0.258. The van der Waals surface area contributed by atoms with Crippen molar-refractivity contribution >= 4 is 23.4 Å². The predicted molar refractivity (Wildman–Crippen MR) is 270 cm³/mol. The van der Waals surface area contributed by atoms with Crippen molar-refractivity contribution in [1.82, 2.24) is 4.90 Å². The van der Waals surface area contributed by atoms with Crippen LogP contribution in [0.1, 0.15) is 140 Å². The number of aliphatic hydroxyl groups excluding tert-OH is 2. The van der Waals surface area contributed by atoms with Gasteiger partial charge >= 0.3 is 0 Å². The van der Waals surface area contributed by atoms with E-state index in [4.69, 9.17) is 33.7 Å². The number of carbonyl (C=O) groups excluding carboxylic acids is 1. The van der Waals surface area contributed by atoms with E-state index in [2.05, 4.69) is 44.0 Å². The molecule has 370 valence electrons. The van der Waals surface area contributed by atoms with Crippen molar-refractivity contribution in [2.45, 2.75) is 152 Å². The van der Waals surface area contributed by atoms with Crippen molar-refractivity contribution in [3.63, 3.8) is 0 Å². The van der Waals surface area contributed by atoms with E-state index < -0.39 is 17.7 Å². The van der Waals surface area contributed by atoms with Crippen molar-refractivity contribution in [2.24, 2.45) is 22.9 Å². The smallest absolute Gasteiger partial charge is 0.239 e. The van der Waals surface area contributed by atoms with Crippen LogP contribution in [0.2, 0.25) is 0 Å².